The summed E-state index contributed by atoms with van der Waals surface area (Å²) in [6, 6.07) is 0. The summed E-state index contributed by atoms with van der Waals surface area (Å²) in [5, 5.41) is 0. The highest BCUT2D eigenvalue weighted by Crippen LogP contribution is 2.67. The van der Waals surface area contributed by atoms with E-state index in [4.69, 9.17) is 18.9 Å². The molecule has 0 spiro atoms. The lowest BCUT2D eigenvalue weighted by Crippen LogP contribution is -2.24. The van der Waals surface area contributed by atoms with E-state index >= 15 is 0 Å². The molecule has 7 heteroatoms. The van der Waals surface area contributed by atoms with Gasteiger partial charge in [0, 0.05) is 24.7 Å². The molecule has 24 heavy (non-hydrogen) atoms. The maximum Gasteiger partial charge on any atom is 0.337 e. The van der Waals surface area contributed by atoms with Gasteiger partial charge in [-0.25, -0.2) is 9.59 Å². The van der Waals surface area contributed by atoms with Gasteiger partial charge in [0.25, 0.3) is 0 Å². The van der Waals surface area contributed by atoms with Crippen molar-refractivity contribution in [2.24, 2.45) is 17.8 Å². The summed E-state index contributed by atoms with van der Waals surface area (Å²) in [4.78, 5) is 35.6. The van der Waals surface area contributed by atoms with Gasteiger partial charge in [-0.3, -0.25) is 4.79 Å². The molecule has 2 aliphatic heterocycles. The van der Waals surface area contributed by atoms with Crippen LogP contribution >= 0.6 is 0 Å². The van der Waals surface area contributed by atoms with E-state index < -0.39 is 30.1 Å². The zero-order valence-corrected chi connectivity index (χ0v) is 14.2. The summed E-state index contributed by atoms with van der Waals surface area (Å²) in [7, 11) is 2.52. The number of carbonyl (C=O) groups excluding carboxylic acids is 3. The highest BCUT2D eigenvalue weighted by Gasteiger charge is 2.73. The SMILES string of the molecule is COC(=O)C1=C(C(=O)OC)[C@@H]2O[C@H]1[C@H]1C(C(OC(C)=O)=C(C)C)[C@H]12. The van der Waals surface area contributed by atoms with Crippen LogP contribution in [0.3, 0.4) is 0 Å². The Bertz CT molecular complexity index is 645. The molecule has 130 valence electrons. The number of methoxy groups -OCH3 is 2. The van der Waals surface area contributed by atoms with Crippen LogP contribution in [0.25, 0.3) is 0 Å². The average molecular weight is 336 g/mol. The second-order valence-corrected chi connectivity index (χ2v) is 6.43. The quantitative estimate of drug-likeness (QED) is 0.432. The molecular formula is C17H20O7. The third-order valence-electron chi connectivity index (χ3n) is 4.84. The fourth-order valence-corrected chi connectivity index (χ4v) is 3.99. The zero-order valence-electron chi connectivity index (χ0n) is 14.2. The predicted octanol–water partition coefficient (Wildman–Crippen LogP) is 1.13. The molecule has 2 fully saturated rings. The minimum Gasteiger partial charge on any atom is -0.466 e. The first-order valence-electron chi connectivity index (χ1n) is 7.75. The summed E-state index contributed by atoms with van der Waals surface area (Å²) < 4.78 is 20.8. The predicted molar refractivity (Wildman–Crippen MR) is 80.3 cm³/mol. The van der Waals surface area contributed by atoms with Crippen LogP contribution in [0.5, 0.6) is 0 Å². The van der Waals surface area contributed by atoms with Crippen LogP contribution in [0, 0.1) is 17.8 Å². The minimum absolute atomic E-state index is 0.00163. The van der Waals surface area contributed by atoms with Crippen molar-refractivity contribution in [3.63, 3.8) is 0 Å². The first-order valence-corrected chi connectivity index (χ1v) is 7.75. The van der Waals surface area contributed by atoms with Gasteiger partial charge < -0.3 is 18.9 Å². The third-order valence-corrected chi connectivity index (χ3v) is 4.84. The van der Waals surface area contributed by atoms with Crippen LogP contribution in [0.1, 0.15) is 20.8 Å². The van der Waals surface area contributed by atoms with Gasteiger partial charge in [-0.05, 0) is 19.4 Å². The first kappa shape index (κ1) is 16.7. The van der Waals surface area contributed by atoms with E-state index in [-0.39, 0.29) is 28.9 Å². The Morgan fingerprint density at radius 2 is 1.33 bits per heavy atom. The lowest BCUT2D eigenvalue weighted by molar-refractivity contribution is -0.139. The fraction of sp³-hybridized carbons (Fsp3) is 0.588. The second kappa shape index (κ2) is 5.73. The van der Waals surface area contributed by atoms with Crippen LogP contribution in [0.4, 0.5) is 0 Å². The summed E-state index contributed by atoms with van der Waals surface area (Å²) in [6.07, 6.45) is -1.06. The molecule has 1 saturated carbocycles. The van der Waals surface area contributed by atoms with Crippen molar-refractivity contribution in [3.05, 3.63) is 22.5 Å². The first-order chi connectivity index (χ1) is 11.3. The molecule has 1 aliphatic carbocycles. The summed E-state index contributed by atoms with van der Waals surface area (Å²) in [5.41, 5.74) is 1.35. The Morgan fingerprint density at radius 3 is 1.67 bits per heavy atom. The number of rotatable bonds is 4. The number of allylic oxidation sites excluding steroid dienone is 2. The van der Waals surface area contributed by atoms with E-state index in [1.807, 2.05) is 13.8 Å². The highest BCUT2D eigenvalue weighted by atomic mass is 16.6. The van der Waals surface area contributed by atoms with Gasteiger partial charge in [0.05, 0.1) is 37.6 Å². The molecular weight excluding hydrogens is 316 g/mol. The summed E-state index contributed by atoms with van der Waals surface area (Å²) in [5.74, 6) is -1.01. The number of carbonyl (C=O) groups is 3. The number of hydrogen-bond donors (Lipinski definition) is 0. The van der Waals surface area contributed by atoms with Crippen molar-refractivity contribution >= 4 is 17.9 Å². The van der Waals surface area contributed by atoms with Crippen molar-refractivity contribution in [1.82, 2.24) is 0 Å². The number of hydrogen-bond acceptors (Lipinski definition) is 7. The molecule has 7 nitrogen and oxygen atoms in total. The summed E-state index contributed by atoms with van der Waals surface area (Å²) >= 11 is 0. The normalized spacial score (nSPS) is 32.1. The number of ether oxygens (including phenoxy) is 4. The van der Waals surface area contributed by atoms with Gasteiger partial charge in [0.15, 0.2) is 0 Å². The van der Waals surface area contributed by atoms with Crippen LogP contribution in [-0.4, -0.2) is 44.3 Å². The van der Waals surface area contributed by atoms with Crippen LogP contribution in [0.2, 0.25) is 0 Å². The molecule has 0 aromatic heterocycles. The molecule has 0 amide bonds. The number of esters is 3. The van der Waals surface area contributed by atoms with Crippen molar-refractivity contribution in [3.8, 4) is 0 Å². The van der Waals surface area contributed by atoms with Crippen LogP contribution in [0.15, 0.2) is 22.5 Å². The minimum atomic E-state index is -0.585. The monoisotopic (exact) mass is 336 g/mol. The van der Waals surface area contributed by atoms with Crippen molar-refractivity contribution in [2.45, 2.75) is 33.0 Å². The van der Waals surface area contributed by atoms with E-state index in [1.54, 1.807) is 0 Å². The Labute approximate surface area is 139 Å². The topological polar surface area (TPSA) is 88.1 Å². The van der Waals surface area contributed by atoms with E-state index in [0.717, 1.165) is 5.57 Å². The van der Waals surface area contributed by atoms with E-state index in [0.29, 0.717) is 5.76 Å². The van der Waals surface area contributed by atoms with E-state index in [2.05, 4.69) is 0 Å². The van der Waals surface area contributed by atoms with Gasteiger partial charge in [-0.15, -0.1) is 0 Å². The molecule has 0 radical (unpaired) electrons. The fourth-order valence-electron chi connectivity index (χ4n) is 3.99. The molecule has 0 aromatic carbocycles. The van der Waals surface area contributed by atoms with Gasteiger partial charge in [-0.2, -0.15) is 0 Å². The second-order valence-electron chi connectivity index (χ2n) is 6.43. The molecule has 1 unspecified atom stereocenters. The molecule has 2 bridgehead atoms. The Kier molecular flexibility index (Phi) is 3.99. The highest BCUT2D eigenvalue weighted by molar-refractivity contribution is 6.03. The largest absolute Gasteiger partial charge is 0.466 e. The standard InChI is InChI=1S/C17H20O7/c1-6(2)13(23-7(3)18)8-9-10(8)15-12(17(20)22-5)11(14(9)24-15)16(19)21-4/h8-10,14-15H,1-5H3/t8?,9-,10+,14-,15+. The average Bonchev–Trinajstić information content (AvgIpc) is 3.00. The van der Waals surface area contributed by atoms with E-state index in [9.17, 15) is 14.4 Å². The van der Waals surface area contributed by atoms with E-state index in [1.165, 1.54) is 21.1 Å². The van der Waals surface area contributed by atoms with Gasteiger partial charge in [-0.1, -0.05) is 0 Å². The molecule has 3 rings (SSSR count). The number of fused-ring (bicyclic) bond motifs is 5. The lowest BCUT2D eigenvalue weighted by atomic mass is 9.92. The van der Waals surface area contributed by atoms with Crippen LogP contribution in [-0.2, 0) is 33.3 Å². The van der Waals surface area contributed by atoms with Gasteiger partial charge in [0.2, 0.25) is 0 Å². The molecule has 0 aromatic rings. The Morgan fingerprint density at radius 1 is 0.875 bits per heavy atom. The summed E-state index contributed by atoms with van der Waals surface area (Å²) in [6.45, 7) is 5.08. The maximum absolute atomic E-state index is 12.1. The Balaban J connectivity index is 1.94. The van der Waals surface area contributed by atoms with Crippen molar-refractivity contribution < 1.29 is 33.3 Å². The third kappa shape index (κ3) is 2.26. The van der Waals surface area contributed by atoms with Crippen molar-refractivity contribution in [1.29, 1.82) is 0 Å². The maximum atomic E-state index is 12.1. The molecule has 0 N–H and O–H groups in total. The molecule has 1 saturated heterocycles. The van der Waals surface area contributed by atoms with Crippen molar-refractivity contribution in [2.75, 3.05) is 14.2 Å². The zero-order chi connectivity index (χ0) is 17.8. The molecule has 5 atom stereocenters. The molecule has 3 aliphatic rings. The van der Waals surface area contributed by atoms with Crippen LogP contribution < -0.4 is 0 Å². The molecule has 2 heterocycles. The Hall–Kier alpha value is -2.15. The van der Waals surface area contributed by atoms with Gasteiger partial charge in [0.1, 0.15) is 5.76 Å². The lowest BCUT2D eigenvalue weighted by Gasteiger charge is -2.16. The van der Waals surface area contributed by atoms with Gasteiger partial charge >= 0.3 is 17.9 Å². The smallest absolute Gasteiger partial charge is 0.337 e.